The molecule has 0 aliphatic heterocycles. The molecule has 1 aliphatic carbocycles. The Kier molecular flexibility index (Phi) is 7.97. The van der Waals surface area contributed by atoms with E-state index in [1.807, 2.05) is 0 Å². The van der Waals surface area contributed by atoms with Gasteiger partial charge in [0.1, 0.15) is 5.75 Å². The summed E-state index contributed by atoms with van der Waals surface area (Å²) in [6, 6.07) is 5.19. The number of carbonyl (C=O) groups is 2. The van der Waals surface area contributed by atoms with Gasteiger partial charge in [0.15, 0.2) is 0 Å². The predicted molar refractivity (Wildman–Crippen MR) is 93.8 cm³/mol. The number of halogens is 1. The number of hydrogen-bond donors (Lipinski definition) is 3. The van der Waals surface area contributed by atoms with E-state index in [2.05, 4.69) is 10.6 Å². The van der Waals surface area contributed by atoms with E-state index in [9.17, 15) is 9.59 Å². The number of ether oxygens (including phenoxy) is 2. The first-order chi connectivity index (χ1) is 11.1. The van der Waals surface area contributed by atoms with Crippen LogP contribution in [0.4, 0.5) is 5.69 Å². The van der Waals surface area contributed by atoms with E-state index >= 15 is 0 Å². The fourth-order valence-corrected chi connectivity index (χ4v) is 2.11. The Balaban J connectivity index is 0.00000288. The Hall–Kier alpha value is -1.83. The smallest absolute Gasteiger partial charge is 0.253 e. The van der Waals surface area contributed by atoms with Gasteiger partial charge in [-0.3, -0.25) is 9.59 Å². The van der Waals surface area contributed by atoms with Crippen molar-refractivity contribution in [2.75, 3.05) is 26.1 Å². The van der Waals surface area contributed by atoms with Crippen LogP contribution < -0.4 is 21.1 Å². The number of nitrogens with two attached hydrogens (primary N) is 1. The van der Waals surface area contributed by atoms with Gasteiger partial charge in [-0.1, -0.05) is 0 Å². The van der Waals surface area contributed by atoms with E-state index in [0.717, 1.165) is 12.8 Å². The normalized spacial score (nSPS) is 14.3. The van der Waals surface area contributed by atoms with Crippen LogP contribution in [0.25, 0.3) is 0 Å². The third kappa shape index (κ3) is 5.67. The average Bonchev–Trinajstić information content (AvgIpc) is 3.36. The van der Waals surface area contributed by atoms with Crippen LogP contribution in [0.3, 0.4) is 0 Å². The van der Waals surface area contributed by atoms with E-state index in [-0.39, 0.29) is 49.3 Å². The molecule has 2 amide bonds. The number of anilines is 1. The Labute approximate surface area is 147 Å². The van der Waals surface area contributed by atoms with Crippen LogP contribution in [-0.2, 0) is 9.53 Å². The van der Waals surface area contributed by atoms with Crippen molar-refractivity contribution >= 4 is 29.9 Å². The summed E-state index contributed by atoms with van der Waals surface area (Å²) >= 11 is 0. The summed E-state index contributed by atoms with van der Waals surface area (Å²) in [6.07, 6.45) is 1.76. The highest BCUT2D eigenvalue weighted by molar-refractivity contribution is 6.04. The van der Waals surface area contributed by atoms with Crippen molar-refractivity contribution in [3.63, 3.8) is 0 Å². The van der Waals surface area contributed by atoms with Crippen LogP contribution in [0, 0.1) is 0 Å². The zero-order chi connectivity index (χ0) is 16.8. The number of carbonyl (C=O) groups excluding carboxylic acids is 2. The third-order valence-corrected chi connectivity index (χ3v) is 3.67. The second-order valence-corrected chi connectivity index (χ2v) is 5.50. The largest absolute Gasteiger partial charge is 0.497 e. The maximum atomic E-state index is 12.3. The molecule has 7 nitrogen and oxygen atoms in total. The quantitative estimate of drug-likeness (QED) is 0.651. The Bertz CT molecular complexity index is 574. The second-order valence-electron chi connectivity index (χ2n) is 5.50. The summed E-state index contributed by atoms with van der Waals surface area (Å²) in [5, 5.41) is 5.65. The molecule has 0 radical (unpaired) electrons. The van der Waals surface area contributed by atoms with Gasteiger partial charge in [-0.05, 0) is 31.0 Å². The van der Waals surface area contributed by atoms with Crippen molar-refractivity contribution in [3.8, 4) is 5.75 Å². The molecule has 1 aromatic carbocycles. The first-order valence-corrected chi connectivity index (χ1v) is 7.59. The van der Waals surface area contributed by atoms with Crippen molar-refractivity contribution in [3.05, 3.63) is 23.8 Å². The molecule has 2 rings (SSSR count). The Morgan fingerprint density at radius 1 is 1.33 bits per heavy atom. The fourth-order valence-electron chi connectivity index (χ4n) is 2.11. The van der Waals surface area contributed by atoms with E-state index < -0.39 is 0 Å². The Morgan fingerprint density at radius 2 is 2.04 bits per heavy atom. The lowest BCUT2D eigenvalue weighted by molar-refractivity contribution is -0.118. The number of hydrogen-bond acceptors (Lipinski definition) is 5. The molecular weight excluding hydrogens is 334 g/mol. The van der Waals surface area contributed by atoms with Crippen LogP contribution >= 0.6 is 12.4 Å². The van der Waals surface area contributed by atoms with Crippen molar-refractivity contribution < 1.29 is 19.1 Å². The number of methoxy groups -OCH3 is 2. The van der Waals surface area contributed by atoms with Crippen LogP contribution in [0.15, 0.2) is 18.2 Å². The minimum atomic E-state index is -0.350. The van der Waals surface area contributed by atoms with Crippen molar-refractivity contribution in [1.29, 1.82) is 0 Å². The first-order valence-electron chi connectivity index (χ1n) is 7.59. The topological polar surface area (TPSA) is 103 Å². The van der Waals surface area contributed by atoms with Crippen LogP contribution in [-0.4, -0.2) is 44.7 Å². The summed E-state index contributed by atoms with van der Waals surface area (Å²) in [5.41, 5.74) is 6.34. The van der Waals surface area contributed by atoms with Gasteiger partial charge >= 0.3 is 0 Å². The molecule has 1 aliphatic rings. The van der Waals surface area contributed by atoms with Crippen molar-refractivity contribution in [1.82, 2.24) is 5.32 Å². The number of benzene rings is 1. The van der Waals surface area contributed by atoms with E-state index in [1.165, 1.54) is 14.2 Å². The van der Waals surface area contributed by atoms with Crippen LogP contribution in [0.1, 0.15) is 29.6 Å². The van der Waals surface area contributed by atoms with Crippen LogP contribution in [0.2, 0.25) is 0 Å². The maximum absolute atomic E-state index is 12.3. The molecule has 0 bridgehead atoms. The highest BCUT2D eigenvalue weighted by Gasteiger charge is 2.25. The molecule has 0 heterocycles. The monoisotopic (exact) mass is 357 g/mol. The number of amides is 2. The minimum absolute atomic E-state index is 0. The summed E-state index contributed by atoms with van der Waals surface area (Å²) in [5.74, 6) is 0.0810. The van der Waals surface area contributed by atoms with E-state index in [4.69, 9.17) is 15.2 Å². The fraction of sp³-hybridized carbons (Fsp3) is 0.500. The molecule has 0 spiro atoms. The molecule has 1 fully saturated rings. The second kappa shape index (κ2) is 9.46. The molecule has 1 saturated carbocycles. The lowest BCUT2D eigenvalue weighted by Crippen LogP contribution is -2.30. The van der Waals surface area contributed by atoms with Crippen LogP contribution in [0.5, 0.6) is 5.75 Å². The van der Waals surface area contributed by atoms with Crippen molar-refractivity contribution in [2.24, 2.45) is 5.73 Å². The van der Waals surface area contributed by atoms with Gasteiger partial charge in [0.25, 0.3) is 5.91 Å². The molecular formula is C16H24ClN3O4. The predicted octanol–water partition coefficient (Wildman–Crippen LogP) is 1.31. The van der Waals surface area contributed by atoms with E-state index in [1.54, 1.807) is 18.2 Å². The lowest BCUT2D eigenvalue weighted by atomic mass is 10.1. The highest BCUT2D eigenvalue weighted by atomic mass is 35.5. The Morgan fingerprint density at radius 3 is 2.58 bits per heavy atom. The van der Waals surface area contributed by atoms with Gasteiger partial charge in [-0.2, -0.15) is 0 Å². The maximum Gasteiger partial charge on any atom is 0.253 e. The summed E-state index contributed by atoms with van der Waals surface area (Å²) in [6.45, 7) is 0.252. The van der Waals surface area contributed by atoms with Gasteiger partial charge in [0, 0.05) is 19.7 Å². The van der Waals surface area contributed by atoms with Gasteiger partial charge in [0.05, 0.1) is 30.9 Å². The first kappa shape index (κ1) is 20.2. The summed E-state index contributed by atoms with van der Waals surface area (Å²) in [7, 11) is 3.04. The van der Waals surface area contributed by atoms with Gasteiger partial charge in [-0.15, -0.1) is 12.4 Å². The highest BCUT2D eigenvalue weighted by Crippen LogP contribution is 2.25. The minimum Gasteiger partial charge on any atom is -0.497 e. The molecule has 1 unspecified atom stereocenters. The number of rotatable bonds is 8. The van der Waals surface area contributed by atoms with Gasteiger partial charge in [0.2, 0.25) is 5.91 Å². The SMILES string of the molecule is COc1ccc(NC(=O)CC(CN)OC)c(C(=O)NC2CC2)c1.Cl. The lowest BCUT2D eigenvalue weighted by Gasteiger charge is -2.15. The molecule has 1 atom stereocenters. The summed E-state index contributed by atoms with van der Waals surface area (Å²) in [4.78, 5) is 24.4. The molecule has 0 aromatic heterocycles. The average molecular weight is 358 g/mol. The zero-order valence-corrected chi connectivity index (χ0v) is 14.7. The zero-order valence-electron chi connectivity index (χ0n) is 13.8. The summed E-state index contributed by atoms with van der Waals surface area (Å²) < 4.78 is 10.3. The molecule has 1 aromatic rings. The van der Waals surface area contributed by atoms with Gasteiger partial charge in [-0.25, -0.2) is 0 Å². The van der Waals surface area contributed by atoms with Crippen molar-refractivity contribution in [2.45, 2.75) is 31.4 Å². The van der Waals surface area contributed by atoms with Gasteiger partial charge < -0.3 is 25.8 Å². The molecule has 24 heavy (non-hydrogen) atoms. The molecule has 134 valence electrons. The molecule has 8 heteroatoms. The third-order valence-electron chi connectivity index (χ3n) is 3.67. The van der Waals surface area contributed by atoms with E-state index in [0.29, 0.717) is 17.0 Å². The molecule has 4 N–H and O–H groups in total. The standard InChI is InChI=1S/C16H23N3O4.ClH/c1-22-11-5-6-14(19-15(20)8-12(9-17)23-2)13(7-11)16(21)18-10-3-4-10;/h5-7,10,12H,3-4,8-9,17H2,1-2H3,(H,18,21)(H,19,20);1H. The number of nitrogens with one attached hydrogen (secondary N) is 2. The molecule has 0 saturated heterocycles.